The number of ether oxygens (including phenoxy) is 6. The van der Waals surface area contributed by atoms with Crippen LogP contribution in [0.5, 0.6) is 28.7 Å². The van der Waals surface area contributed by atoms with Gasteiger partial charge in [-0.05, 0) is 105 Å². The number of phenols is 3. The molecule has 0 heterocycles. The minimum atomic E-state index is -0.452. The summed E-state index contributed by atoms with van der Waals surface area (Å²) in [6, 6.07) is 14.7. The Bertz CT molecular complexity index is 1610. The first-order chi connectivity index (χ1) is 26.4. The summed E-state index contributed by atoms with van der Waals surface area (Å²) in [6.45, 7) is 12.4. The van der Waals surface area contributed by atoms with Crippen molar-refractivity contribution in [3.05, 3.63) is 76.9 Å². The first-order valence-corrected chi connectivity index (χ1v) is 18.5. The fourth-order valence-corrected chi connectivity index (χ4v) is 5.25. The molecule has 4 N–H and O–H groups in total. The highest BCUT2D eigenvalue weighted by Gasteiger charge is 2.30. The van der Waals surface area contributed by atoms with Gasteiger partial charge in [0, 0.05) is 29.6 Å². The molecule has 302 valence electrons. The Morgan fingerprint density at radius 3 is 1.45 bits per heavy atom. The molecular weight excluding hydrogens is 706 g/mol. The van der Waals surface area contributed by atoms with E-state index in [0.29, 0.717) is 63.3 Å². The number of hydrogen-bond acceptors (Lipinski definition) is 13. The highest BCUT2D eigenvalue weighted by Crippen LogP contribution is 2.27. The van der Waals surface area contributed by atoms with Crippen molar-refractivity contribution < 1.29 is 48.8 Å². The molecule has 0 aliphatic rings. The number of aliphatic imine (C=N–C) groups is 3. The molecule has 0 saturated heterocycles. The molecule has 0 aliphatic heterocycles. The van der Waals surface area contributed by atoms with Crippen LogP contribution in [0.15, 0.2) is 69.6 Å². The fourth-order valence-electron chi connectivity index (χ4n) is 5.25. The summed E-state index contributed by atoms with van der Waals surface area (Å²) < 4.78 is 35.1. The van der Waals surface area contributed by atoms with Crippen molar-refractivity contribution in [2.75, 3.05) is 60.5 Å². The first-order valence-electron chi connectivity index (χ1n) is 18.5. The van der Waals surface area contributed by atoms with Gasteiger partial charge in [0.25, 0.3) is 0 Å². The van der Waals surface area contributed by atoms with Crippen molar-refractivity contribution >= 4 is 18.6 Å². The lowest BCUT2D eigenvalue weighted by molar-refractivity contribution is -0.0906. The summed E-state index contributed by atoms with van der Waals surface area (Å²) in [5.41, 5.74) is 2.38. The van der Waals surface area contributed by atoms with E-state index in [1.165, 1.54) is 20.3 Å². The number of hydrogen-bond donors (Lipinski definition) is 4. The Labute approximate surface area is 325 Å². The van der Waals surface area contributed by atoms with Gasteiger partial charge in [-0.2, -0.15) is 0 Å². The maximum atomic E-state index is 9.88. The van der Waals surface area contributed by atoms with Gasteiger partial charge >= 0.3 is 0 Å². The lowest BCUT2D eigenvalue weighted by Gasteiger charge is -2.33. The molecule has 0 radical (unpaired) electrons. The van der Waals surface area contributed by atoms with E-state index in [1.54, 1.807) is 67.2 Å². The highest BCUT2D eigenvalue weighted by atomic mass is 16.5. The van der Waals surface area contributed by atoms with Crippen LogP contribution in [-0.2, 0) is 25.6 Å². The molecule has 13 heteroatoms. The molecule has 0 amide bonds. The van der Waals surface area contributed by atoms with Crippen LogP contribution in [0.2, 0.25) is 0 Å². The second-order valence-corrected chi connectivity index (χ2v) is 13.8. The third-order valence-electron chi connectivity index (χ3n) is 8.78. The van der Waals surface area contributed by atoms with Gasteiger partial charge in [-0.25, -0.2) is 0 Å². The third-order valence-corrected chi connectivity index (χ3v) is 8.78. The molecule has 5 unspecified atom stereocenters. The van der Waals surface area contributed by atoms with E-state index in [4.69, 9.17) is 28.4 Å². The summed E-state index contributed by atoms with van der Waals surface area (Å²) in [7, 11) is 3.01. The first kappa shape index (κ1) is 44.9. The van der Waals surface area contributed by atoms with Crippen LogP contribution in [0.25, 0.3) is 0 Å². The number of aliphatic hydroxyl groups excluding tert-OH is 1. The molecule has 55 heavy (non-hydrogen) atoms. The molecule has 0 aliphatic carbocycles. The maximum absolute atomic E-state index is 9.88. The maximum Gasteiger partial charge on any atom is 0.161 e. The van der Waals surface area contributed by atoms with Gasteiger partial charge in [-0.15, -0.1) is 0 Å². The molecule has 0 bridgehead atoms. The molecule has 3 aromatic carbocycles. The van der Waals surface area contributed by atoms with Crippen LogP contribution >= 0.6 is 0 Å². The third kappa shape index (κ3) is 15.6. The van der Waals surface area contributed by atoms with Gasteiger partial charge in [0.2, 0.25) is 0 Å². The number of benzene rings is 3. The zero-order valence-corrected chi connectivity index (χ0v) is 33.2. The largest absolute Gasteiger partial charge is 0.508 e. The number of aromatic hydroxyl groups is 3. The predicted molar refractivity (Wildman–Crippen MR) is 215 cm³/mol. The van der Waals surface area contributed by atoms with E-state index in [1.807, 2.05) is 27.7 Å². The second-order valence-electron chi connectivity index (χ2n) is 13.8. The topological polar surface area (TPSA) is 173 Å². The Morgan fingerprint density at radius 2 is 1.02 bits per heavy atom. The predicted octanol–water partition coefficient (Wildman–Crippen LogP) is 5.99. The van der Waals surface area contributed by atoms with Crippen molar-refractivity contribution in [3.8, 4) is 28.7 Å². The van der Waals surface area contributed by atoms with Crippen LogP contribution in [-0.4, -0.2) is 124 Å². The normalized spacial score (nSPS) is 15.3. The van der Waals surface area contributed by atoms with Crippen molar-refractivity contribution in [2.45, 2.75) is 71.9 Å². The second kappa shape index (κ2) is 23.4. The number of methoxy groups -OCH3 is 2. The number of rotatable bonds is 25. The van der Waals surface area contributed by atoms with E-state index in [0.717, 1.165) is 23.1 Å². The van der Waals surface area contributed by atoms with E-state index in [2.05, 4.69) is 21.9 Å². The number of phenolic OH excluding ortho intramolecular Hbond substituents is 2. The minimum absolute atomic E-state index is 0.0453. The van der Waals surface area contributed by atoms with Crippen LogP contribution in [0, 0.1) is 5.41 Å². The number of aliphatic hydroxyl groups is 1. The quantitative estimate of drug-likeness (QED) is 0.0751. The zero-order valence-electron chi connectivity index (χ0n) is 33.2. The lowest BCUT2D eigenvalue weighted by Crippen LogP contribution is -2.39. The smallest absolute Gasteiger partial charge is 0.161 e. The van der Waals surface area contributed by atoms with Crippen molar-refractivity contribution in [1.82, 2.24) is 0 Å². The zero-order chi connectivity index (χ0) is 40.2. The van der Waals surface area contributed by atoms with Gasteiger partial charge < -0.3 is 48.8 Å². The van der Waals surface area contributed by atoms with Crippen molar-refractivity contribution in [2.24, 2.45) is 20.4 Å². The Morgan fingerprint density at radius 1 is 0.600 bits per heavy atom. The SMILES string of the molecule is CCC(COCC(C)N=Cc1ccc(O)c(CO)c1)(COCC(C)N=Cc1ccc(O)c(OC)c1)COCC(C)OCC(C)N=Cc1ccc(O)c(OC)c1. The standard InChI is InChI=1S/C42H59N3O10/c1-8-42(26-52-22-29(2)43-18-33-9-12-37(47)36(15-33)21-46,27-53-23-30(3)44-19-34-10-13-38(48)40(16-34)50-6)28-54-25-32(5)55-24-31(4)45-20-35-11-14-39(49)41(17-35)51-7/h9-20,29-32,46-49H,8,21-28H2,1-7H3. The molecule has 13 nitrogen and oxygen atoms in total. The minimum Gasteiger partial charge on any atom is -0.508 e. The molecule has 3 rings (SSSR count). The van der Waals surface area contributed by atoms with Crippen LogP contribution in [0.3, 0.4) is 0 Å². The van der Waals surface area contributed by atoms with Gasteiger partial charge in [0.15, 0.2) is 23.0 Å². The summed E-state index contributed by atoms with van der Waals surface area (Å²) in [5, 5.41) is 39.0. The summed E-state index contributed by atoms with van der Waals surface area (Å²) in [4.78, 5) is 13.8. The van der Waals surface area contributed by atoms with E-state index < -0.39 is 5.41 Å². The van der Waals surface area contributed by atoms with Crippen LogP contribution < -0.4 is 9.47 Å². The molecule has 5 atom stereocenters. The van der Waals surface area contributed by atoms with E-state index in [9.17, 15) is 20.4 Å². The van der Waals surface area contributed by atoms with Crippen LogP contribution in [0.1, 0.15) is 63.3 Å². The highest BCUT2D eigenvalue weighted by molar-refractivity contribution is 5.82. The monoisotopic (exact) mass is 765 g/mol. The number of nitrogens with zero attached hydrogens (tertiary/aromatic N) is 3. The average Bonchev–Trinajstić information content (AvgIpc) is 3.18. The van der Waals surface area contributed by atoms with Crippen molar-refractivity contribution in [1.29, 1.82) is 0 Å². The molecule has 0 saturated carbocycles. The van der Waals surface area contributed by atoms with Crippen LogP contribution in [0.4, 0.5) is 0 Å². The molecule has 0 aromatic heterocycles. The van der Waals surface area contributed by atoms with E-state index in [-0.39, 0.29) is 48.1 Å². The molecule has 3 aromatic rings. The Kier molecular flexibility index (Phi) is 19.1. The average molecular weight is 766 g/mol. The molecular formula is C42H59N3O10. The Hall–Kier alpha value is -4.53. The Balaban J connectivity index is 1.56. The van der Waals surface area contributed by atoms with Gasteiger partial charge in [0.1, 0.15) is 5.75 Å². The fraction of sp³-hybridized carbons (Fsp3) is 0.500. The summed E-state index contributed by atoms with van der Waals surface area (Å²) >= 11 is 0. The van der Waals surface area contributed by atoms with E-state index >= 15 is 0 Å². The summed E-state index contributed by atoms with van der Waals surface area (Å²) in [5.74, 6) is 0.959. The van der Waals surface area contributed by atoms with Gasteiger partial charge in [0.05, 0.1) is 91.3 Å². The summed E-state index contributed by atoms with van der Waals surface area (Å²) in [6.07, 6.45) is 5.72. The lowest BCUT2D eigenvalue weighted by atomic mass is 9.88. The van der Waals surface area contributed by atoms with Gasteiger partial charge in [-0.1, -0.05) is 6.92 Å². The van der Waals surface area contributed by atoms with Crippen molar-refractivity contribution in [3.63, 3.8) is 0 Å². The molecule has 0 spiro atoms. The molecule has 0 fully saturated rings. The van der Waals surface area contributed by atoms with Gasteiger partial charge in [-0.3, -0.25) is 15.0 Å².